The van der Waals surface area contributed by atoms with Crippen LogP contribution >= 0.6 is 11.8 Å². The number of para-hydroxylation sites is 1. The van der Waals surface area contributed by atoms with Crippen molar-refractivity contribution in [2.24, 2.45) is 5.73 Å². The highest BCUT2D eigenvalue weighted by molar-refractivity contribution is 8.00. The van der Waals surface area contributed by atoms with Crippen molar-refractivity contribution in [3.8, 4) is 5.75 Å². The van der Waals surface area contributed by atoms with Gasteiger partial charge in [0.2, 0.25) is 5.91 Å². The minimum Gasteiger partial charge on any atom is -0.497 e. The molecule has 0 saturated carbocycles. The molecule has 0 atom stereocenters. The predicted octanol–water partition coefficient (Wildman–Crippen LogP) is 3.78. The second-order valence-electron chi connectivity index (χ2n) is 6.46. The summed E-state index contributed by atoms with van der Waals surface area (Å²) in [5.41, 5.74) is 7.05. The van der Waals surface area contributed by atoms with Gasteiger partial charge in [-0.2, -0.15) is 0 Å². The molecule has 0 fully saturated rings. The van der Waals surface area contributed by atoms with Gasteiger partial charge < -0.3 is 21.1 Å². The zero-order valence-electron chi connectivity index (χ0n) is 16.8. The summed E-state index contributed by atoms with van der Waals surface area (Å²) in [7, 11) is 1.54. The Bertz CT molecular complexity index is 1120. The van der Waals surface area contributed by atoms with Crippen LogP contribution in [0.15, 0.2) is 77.7 Å². The van der Waals surface area contributed by atoms with Crippen molar-refractivity contribution in [1.29, 1.82) is 0 Å². The number of carbonyl (C=O) groups is 3. The Hall–Kier alpha value is -3.78. The van der Waals surface area contributed by atoms with Crippen LogP contribution in [0.5, 0.6) is 5.75 Å². The van der Waals surface area contributed by atoms with Crippen LogP contribution in [0.3, 0.4) is 0 Å². The van der Waals surface area contributed by atoms with E-state index in [0.29, 0.717) is 22.7 Å². The van der Waals surface area contributed by atoms with Crippen molar-refractivity contribution in [2.45, 2.75) is 4.90 Å². The number of anilines is 2. The number of hydrogen-bond donors (Lipinski definition) is 3. The number of thioether (sulfide) groups is 1. The molecule has 8 heteroatoms. The molecule has 0 aliphatic rings. The van der Waals surface area contributed by atoms with Crippen molar-refractivity contribution in [3.05, 3.63) is 83.9 Å². The molecule has 3 aromatic carbocycles. The summed E-state index contributed by atoms with van der Waals surface area (Å²) in [6.45, 7) is 0. The van der Waals surface area contributed by atoms with Gasteiger partial charge in [0, 0.05) is 16.1 Å². The molecule has 0 radical (unpaired) electrons. The molecule has 31 heavy (non-hydrogen) atoms. The molecule has 7 nitrogen and oxygen atoms in total. The Balaban J connectivity index is 1.60. The lowest BCUT2D eigenvalue weighted by molar-refractivity contribution is -0.113. The summed E-state index contributed by atoms with van der Waals surface area (Å²) in [4.78, 5) is 37.1. The average Bonchev–Trinajstić information content (AvgIpc) is 2.78. The van der Waals surface area contributed by atoms with E-state index in [2.05, 4.69) is 10.6 Å². The Morgan fingerprint density at radius 1 is 0.935 bits per heavy atom. The fourth-order valence-corrected chi connectivity index (χ4v) is 3.53. The summed E-state index contributed by atoms with van der Waals surface area (Å²) >= 11 is 1.31. The second-order valence-corrected chi connectivity index (χ2v) is 7.51. The molecule has 3 rings (SSSR count). The molecule has 0 heterocycles. The number of hydrogen-bond acceptors (Lipinski definition) is 5. The first kappa shape index (κ1) is 21.9. The lowest BCUT2D eigenvalue weighted by Crippen LogP contribution is -2.19. The monoisotopic (exact) mass is 435 g/mol. The van der Waals surface area contributed by atoms with Crippen LogP contribution in [-0.2, 0) is 4.79 Å². The Kier molecular flexibility index (Phi) is 7.29. The molecular weight excluding hydrogens is 414 g/mol. The van der Waals surface area contributed by atoms with Gasteiger partial charge in [-0.25, -0.2) is 0 Å². The van der Waals surface area contributed by atoms with E-state index in [1.54, 1.807) is 73.8 Å². The number of primary amides is 1. The molecule has 0 aliphatic carbocycles. The van der Waals surface area contributed by atoms with E-state index in [4.69, 9.17) is 10.5 Å². The number of amides is 3. The topological polar surface area (TPSA) is 111 Å². The van der Waals surface area contributed by atoms with Gasteiger partial charge in [0.25, 0.3) is 11.8 Å². The van der Waals surface area contributed by atoms with Crippen LogP contribution in [0.25, 0.3) is 0 Å². The van der Waals surface area contributed by atoms with E-state index in [1.165, 1.54) is 11.8 Å². The van der Waals surface area contributed by atoms with Gasteiger partial charge in [0.1, 0.15) is 5.75 Å². The first-order valence-electron chi connectivity index (χ1n) is 9.33. The van der Waals surface area contributed by atoms with Gasteiger partial charge in [0.05, 0.1) is 24.1 Å². The van der Waals surface area contributed by atoms with Gasteiger partial charge in [-0.05, 0) is 48.5 Å². The van der Waals surface area contributed by atoms with Crippen molar-refractivity contribution < 1.29 is 19.1 Å². The lowest BCUT2D eigenvalue weighted by atomic mass is 10.1. The number of ether oxygens (including phenoxy) is 1. The zero-order chi connectivity index (χ0) is 22.2. The fraction of sp³-hybridized carbons (Fsp3) is 0.0870. The highest BCUT2D eigenvalue weighted by Crippen LogP contribution is 2.23. The van der Waals surface area contributed by atoms with Gasteiger partial charge in [-0.1, -0.05) is 24.3 Å². The third-order valence-corrected chi connectivity index (χ3v) is 5.25. The molecule has 0 unspecified atom stereocenters. The van der Waals surface area contributed by atoms with Crippen LogP contribution in [0, 0.1) is 0 Å². The summed E-state index contributed by atoms with van der Waals surface area (Å²) in [5, 5.41) is 5.54. The molecule has 3 amide bonds. The van der Waals surface area contributed by atoms with Crippen molar-refractivity contribution in [3.63, 3.8) is 0 Å². The van der Waals surface area contributed by atoms with E-state index in [1.807, 2.05) is 6.07 Å². The highest BCUT2D eigenvalue weighted by Gasteiger charge is 2.11. The molecule has 4 N–H and O–H groups in total. The molecule has 0 bridgehead atoms. The van der Waals surface area contributed by atoms with Crippen molar-refractivity contribution >= 4 is 40.9 Å². The molecule has 158 valence electrons. The van der Waals surface area contributed by atoms with Crippen LogP contribution in [0.4, 0.5) is 11.4 Å². The SMILES string of the molecule is COc1cccc(C(=O)Nc2cccc(SCC(=O)Nc3ccccc3C(N)=O)c2)c1. The number of methoxy groups -OCH3 is 1. The first-order chi connectivity index (χ1) is 15.0. The number of carbonyl (C=O) groups excluding carboxylic acids is 3. The number of nitrogens with two attached hydrogens (primary N) is 1. The van der Waals surface area contributed by atoms with Crippen LogP contribution in [0.1, 0.15) is 20.7 Å². The minimum atomic E-state index is -0.608. The molecule has 0 aliphatic heterocycles. The Labute approximate surface area is 184 Å². The molecule has 3 aromatic rings. The van der Waals surface area contributed by atoms with E-state index in [0.717, 1.165) is 4.90 Å². The largest absolute Gasteiger partial charge is 0.497 e. The standard InChI is InChI=1S/C23H21N3O4S/c1-30-17-8-4-6-15(12-17)23(29)25-16-7-5-9-18(13-16)31-14-21(27)26-20-11-3-2-10-19(20)22(24)28/h2-13H,14H2,1H3,(H2,24,28)(H,25,29)(H,26,27). The summed E-state index contributed by atoms with van der Waals surface area (Å²) in [6.07, 6.45) is 0. The molecule has 0 saturated heterocycles. The Morgan fingerprint density at radius 3 is 2.48 bits per heavy atom. The third kappa shape index (κ3) is 6.10. The van der Waals surface area contributed by atoms with Crippen molar-refractivity contribution in [2.75, 3.05) is 23.5 Å². The fourth-order valence-electron chi connectivity index (χ4n) is 2.77. The molecular formula is C23H21N3O4S. The summed E-state index contributed by atoms with van der Waals surface area (Å²) in [5.74, 6) is -0.421. The average molecular weight is 436 g/mol. The van der Waals surface area contributed by atoms with Crippen LogP contribution in [-0.4, -0.2) is 30.6 Å². The van der Waals surface area contributed by atoms with Gasteiger partial charge >= 0.3 is 0 Å². The maximum atomic E-state index is 12.5. The number of rotatable bonds is 8. The van der Waals surface area contributed by atoms with Crippen LogP contribution in [0.2, 0.25) is 0 Å². The molecule has 0 aromatic heterocycles. The minimum absolute atomic E-state index is 0.125. The quantitative estimate of drug-likeness (QED) is 0.467. The summed E-state index contributed by atoms with van der Waals surface area (Å²) in [6, 6.07) is 20.6. The smallest absolute Gasteiger partial charge is 0.255 e. The van der Waals surface area contributed by atoms with Crippen molar-refractivity contribution in [1.82, 2.24) is 0 Å². The zero-order valence-corrected chi connectivity index (χ0v) is 17.6. The molecule has 0 spiro atoms. The third-order valence-electron chi connectivity index (χ3n) is 4.26. The van der Waals surface area contributed by atoms with Gasteiger partial charge in [-0.15, -0.1) is 11.8 Å². The van der Waals surface area contributed by atoms with Crippen LogP contribution < -0.4 is 21.1 Å². The lowest BCUT2D eigenvalue weighted by Gasteiger charge is -2.10. The van der Waals surface area contributed by atoms with E-state index in [-0.39, 0.29) is 23.1 Å². The maximum absolute atomic E-state index is 12.5. The normalized spacial score (nSPS) is 10.2. The number of nitrogens with one attached hydrogen (secondary N) is 2. The Morgan fingerprint density at radius 2 is 1.71 bits per heavy atom. The highest BCUT2D eigenvalue weighted by atomic mass is 32.2. The maximum Gasteiger partial charge on any atom is 0.255 e. The van der Waals surface area contributed by atoms with E-state index >= 15 is 0 Å². The van der Waals surface area contributed by atoms with Gasteiger partial charge in [0.15, 0.2) is 0 Å². The number of benzene rings is 3. The first-order valence-corrected chi connectivity index (χ1v) is 10.3. The second kappa shape index (κ2) is 10.3. The summed E-state index contributed by atoms with van der Waals surface area (Å²) < 4.78 is 5.14. The van der Waals surface area contributed by atoms with E-state index < -0.39 is 5.91 Å². The van der Waals surface area contributed by atoms with E-state index in [9.17, 15) is 14.4 Å². The predicted molar refractivity (Wildman–Crippen MR) is 122 cm³/mol. The van der Waals surface area contributed by atoms with Gasteiger partial charge in [-0.3, -0.25) is 14.4 Å².